The predicted octanol–water partition coefficient (Wildman–Crippen LogP) is 1.74. The summed E-state index contributed by atoms with van der Waals surface area (Å²) in [5, 5.41) is 5.99. The van der Waals surface area contributed by atoms with Gasteiger partial charge in [-0.1, -0.05) is 0 Å². The highest BCUT2D eigenvalue weighted by molar-refractivity contribution is 6.06. The zero-order valence-corrected chi connectivity index (χ0v) is 10.8. The standard InChI is InChI=1S/C13H15FN4O/c1-7(2)16-13-17-10-6-8(14)5-9-11(10)18(13)4-3-15-12(9)19/h5-7H,3-4H2,1-2H3,(H,15,19)(H,16,17). The van der Waals surface area contributed by atoms with Crippen LogP contribution in [0.1, 0.15) is 24.2 Å². The van der Waals surface area contributed by atoms with Gasteiger partial charge in [0.25, 0.3) is 5.91 Å². The number of benzene rings is 1. The largest absolute Gasteiger partial charge is 0.353 e. The second kappa shape index (κ2) is 4.22. The van der Waals surface area contributed by atoms with Crippen molar-refractivity contribution < 1.29 is 9.18 Å². The Bertz CT molecular complexity index is 662. The molecule has 100 valence electrons. The van der Waals surface area contributed by atoms with Crippen LogP contribution in [0.3, 0.4) is 0 Å². The first-order chi connectivity index (χ1) is 9.06. The molecule has 0 bridgehead atoms. The summed E-state index contributed by atoms with van der Waals surface area (Å²) in [6, 6.07) is 2.84. The van der Waals surface area contributed by atoms with Crippen molar-refractivity contribution in [2.75, 3.05) is 11.9 Å². The second-order valence-corrected chi connectivity index (χ2v) is 4.96. The van der Waals surface area contributed by atoms with E-state index in [1.165, 1.54) is 12.1 Å². The Kier molecular flexibility index (Phi) is 2.66. The van der Waals surface area contributed by atoms with E-state index in [1.54, 1.807) is 0 Å². The Morgan fingerprint density at radius 2 is 2.26 bits per heavy atom. The molecule has 0 unspecified atom stereocenters. The monoisotopic (exact) mass is 262 g/mol. The average Bonchev–Trinajstić information content (AvgIpc) is 2.54. The lowest BCUT2D eigenvalue weighted by atomic mass is 10.1. The highest BCUT2D eigenvalue weighted by Gasteiger charge is 2.22. The van der Waals surface area contributed by atoms with Gasteiger partial charge < -0.3 is 15.2 Å². The molecule has 0 spiro atoms. The molecule has 5 nitrogen and oxygen atoms in total. The van der Waals surface area contributed by atoms with Gasteiger partial charge in [-0.05, 0) is 19.9 Å². The molecule has 0 atom stereocenters. The van der Waals surface area contributed by atoms with Crippen molar-refractivity contribution in [3.8, 4) is 0 Å². The van der Waals surface area contributed by atoms with Crippen molar-refractivity contribution in [3.05, 3.63) is 23.5 Å². The van der Waals surface area contributed by atoms with Gasteiger partial charge in [0.15, 0.2) is 0 Å². The van der Waals surface area contributed by atoms with Gasteiger partial charge in [-0.25, -0.2) is 9.37 Å². The number of halogens is 1. The predicted molar refractivity (Wildman–Crippen MR) is 70.8 cm³/mol. The first-order valence-electron chi connectivity index (χ1n) is 6.31. The molecule has 1 amide bonds. The zero-order chi connectivity index (χ0) is 13.6. The molecular weight excluding hydrogens is 247 g/mol. The van der Waals surface area contributed by atoms with E-state index in [2.05, 4.69) is 15.6 Å². The van der Waals surface area contributed by atoms with Crippen LogP contribution in [0.5, 0.6) is 0 Å². The van der Waals surface area contributed by atoms with Gasteiger partial charge in [0.05, 0.1) is 16.6 Å². The number of carbonyl (C=O) groups is 1. The fraction of sp³-hybridized carbons (Fsp3) is 0.385. The lowest BCUT2D eigenvalue weighted by Crippen LogP contribution is -2.24. The molecule has 1 aromatic heterocycles. The summed E-state index contributed by atoms with van der Waals surface area (Å²) < 4.78 is 15.5. The first-order valence-corrected chi connectivity index (χ1v) is 6.31. The minimum Gasteiger partial charge on any atom is -0.353 e. The third-order valence-electron chi connectivity index (χ3n) is 3.09. The van der Waals surface area contributed by atoms with Gasteiger partial charge in [0.2, 0.25) is 5.95 Å². The topological polar surface area (TPSA) is 59.0 Å². The molecule has 19 heavy (non-hydrogen) atoms. The summed E-state index contributed by atoms with van der Waals surface area (Å²) >= 11 is 0. The van der Waals surface area contributed by atoms with Gasteiger partial charge in [-0.2, -0.15) is 0 Å². The van der Waals surface area contributed by atoms with E-state index in [0.717, 1.165) is 0 Å². The summed E-state index contributed by atoms with van der Waals surface area (Å²) in [5.74, 6) is -0.0205. The number of hydrogen-bond donors (Lipinski definition) is 2. The van der Waals surface area contributed by atoms with Gasteiger partial charge in [0, 0.05) is 25.2 Å². The molecular formula is C13H15FN4O. The van der Waals surface area contributed by atoms with E-state index in [1.807, 2.05) is 18.4 Å². The zero-order valence-electron chi connectivity index (χ0n) is 10.8. The second-order valence-electron chi connectivity index (χ2n) is 4.96. The van der Waals surface area contributed by atoms with Gasteiger partial charge in [-0.15, -0.1) is 0 Å². The Labute approximate surface area is 109 Å². The minimum atomic E-state index is -0.444. The van der Waals surface area contributed by atoms with Gasteiger partial charge in [0.1, 0.15) is 5.82 Å². The molecule has 0 saturated heterocycles. The number of carbonyl (C=O) groups excluding carboxylic acids is 1. The van der Waals surface area contributed by atoms with Crippen molar-refractivity contribution in [2.24, 2.45) is 0 Å². The maximum atomic E-state index is 13.6. The molecule has 1 aromatic carbocycles. The van der Waals surface area contributed by atoms with Crippen molar-refractivity contribution in [2.45, 2.75) is 26.4 Å². The maximum absolute atomic E-state index is 13.6. The molecule has 0 radical (unpaired) electrons. The number of anilines is 1. The number of amides is 1. The fourth-order valence-electron chi connectivity index (χ4n) is 2.37. The van der Waals surface area contributed by atoms with Crippen LogP contribution in [-0.2, 0) is 6.54 Å². The van der Waals surface area contributed by atoms with E-state index in [4.69, 9.17) is 0 Å². The SMILES string of the molecule is CC(C)Nc1nc2cc(F)cc3c2n1CCNC3=O. The minimum absolute atomic E-state index is 0.216. The summed E-state index contributed by atoms with van der Waals surface area (Å²) in [5.41, 5.74) is 1.55. The number of nitrogens with one attached hydrogen (secondary N) is 2. The Morgan fingerprint density at radius 3 is 3.00 bits per heavy atom. The number of hydrogen-bond acceptors (Lipinski definition) is 3. The molecule has 1 aliphatic heterocycles. The number of imidazole rings is 1. The van der Waals surface area contributed by atoms with Crippen LogP contribution in [0, 0.1) is 5.82 Å². The first kappa shape index (κ1) is 12.0. The Balaban J connectivity index is 2.29. The van der Waals surface area contributed by atoms with Crippen LogP contribution in [0.15, 0.2) is 12.1 Å². The third kappa shape index (κ3) is 1.93. The molecule has 0 fully saturated rings. The molecule has 2 N–H and O–H groups in total. The fourth-order valence-corrected chi connectivity index (χ4v) is 2.37. The third-order valence-corrected chi connectivity index (χ3v) is 3.09. The molecule has 1 aliphatic rings. The lowest BCUT2D eigenvalue weighted by molar-refractivity contribution is 0.0956. The highest BCUT2D eigenvalue weighted by Crippen LogP contribution is 2.26. The molecule has 6 heteroatoms. The van der Waals surface area contributed by atoms with Gasteiger partial charge >= 0.3 is 0 Å². The van der Waals surface area contributed by atoms with Crippen LogP contribution >= 0.6 is 0 Å². The average molecular weight is 262 g/mol. The van der Waals surface area contributed by atoms with Crippen LogP contribution in [-0.4, -0.2) is 28.0 Å². The van der Waals surface area contributed by atoms with E-state index < -0.39 is 5.82 Å². The van der Waals surface area contributed by atoms with Gasteiger partial charge in [-0.3, -0.25) is 4.79 Å². The van der Waals surface area contributed by atoms with Crippen LogP contribution in [0.4, 0.5) is 10.3 Å². The Morgan fingerprint density at radius 1 is 1.47 bits per heavy atom. The normalized spacial score (nSPS) is 14.6. The molecule has 0 aliphatic carbocycles. The Hall–Kier alpha value is -2.11. The van der Waals surface area contributed by atoms with Crippen LogP contribution < -0.4 is 10.6 Å². The highest BCUT2D eigenvalue weighted by atomic mass is 19.1. The molecule has 3 rings (SSSR count). The molecule has 2 heterocycles. The van der Waals surface area contributed by atoms with E-state index in [0.29, 0.717) is 35.6 Å². The van der Waals surface area contributed by atoms with Crippen molar-refractivity contribution in [1.82, 2.24) is 14.9 Å². The lowest BCUT2D eigenvalue weighted by Gasteiger charge is -2.11. The number of rotatable bonds is 2. The molecule has 2 aromatic rings. The smallest absolute Gasteiger partial charge is 0.253 e. The van der Waals surface area contributed by atoms with Crippen molar-refractivity contribution in [1.29, 1.82) is 0 Å². The van der Waals surface area contributed by atoms with Crippen molar-refractivity contribution >= 4 is 22.9 Å². The number of nitrogens with zero attached hydrogens (tertiary/aromatic N) is 2. The summed E-state index contributed by atoms with van der Waals surface area (Å²) in [6.07, 6.45) is 0. The van der Waals surface area contributed by atoms with Crippen molar-refractivity contribution in [3.63, 3.8) is 0 Å². The quantitative estimate of drug-likeness (QED) is 0.866. The van der Waals surface area contributed by atoms with Crippen LogP contribution in [0.25, 0.3) is 11.0 Å². The molecule has 0 saturated carbocycles. The van der Waals surface area contributed by atoms with E-state index in [-0.39, 0.29) is 11.9 Å². The summed E-state index contributed by atoms with van der Waals surface area (Å²) in [6.45, 7) is 5.14. The van der Waals surface area contributed by atoms with Crippen LogP contribution in [0.2, 0.25) is 0 Å². The number of aromatic nitrogens is 2. The van der Waals surface area contributed by atoms with E-state index in [9.17, 15) is 9.18 Å². The maximum Gasteiger partial charge on any atom is 0.253 e. The summed E-state index contributed by atoms with van der Waals surface area (Å²) in [4.78, 5) is 16.3. The summed E-state index contributed by atoms with van der Waals surface area (Å²) in [7, 11) is 0. The van der Waals surface area contributed by atoms with E-state index >= 15 is 0 Å².